The van der Waals surface area contributed by atoms with Gasteiger partial charge in [0.2, 0.25) is 0 Å². The number of hydrogen-bond donors (Lipinski definition) is 0. The van der Waals surface area contributed by atoms with E-state index in [1.807, 2.05) is 0 Å². The second kappa shape index (κ2) is 3.78. The standard InChI is InChI=1S/C11H22O/c1-9(2)5-7-11(4)8-6-10(3)12-11/h9-10H,5-8H2,1-4H3. The maximum absolute atomic E-state index is 5.90. The first-order valence-electron chi connectivity index (χ1n) is 5.20. The average Bonchev–Trinajstić information content (AvgIpc) is 2.29. The molecule has 1 saturated heterocycles. The molecule has 0 saturated carbocycles. The van der Waals surface area contributed by atoms with E-state index in [0.29, 0.717) is 6.10 Å². The summed E-state index contributed by atoms with van der Waals surface area (Å²) in [5.74, 6) is 0.807. The summed E-state index contributed by atoms with van der Waals surface area (Å²) in [6.45, 7) is 9.00. The van der Waals surface area contributed by atoms with Crippen molar-refractivity contribution in [3.05, 3.63) is 0 Å². The Balaban J connectivity index is 2.30. The lowest BCUT2D eigenvalue weighted by atomic mass is 9.93. The van der Waals surface area contributed by atoms with Crippen molar-refractivity contribution < 1.29 is 4.74 Å². The fourth-order valence-electron chi connectivity index (χ4n) is 1.89. The third-order valence-corrected chi connectivity index (χ3v) is 2.82. The Hall–Kier alpha value is -0.0400. The second-order valence-corrected chi connectivity index (χ2v) is 4.85. The summed E-state index contributed by atoms with van der Waals surface area (Å²) >= 11 is 0. The lowest BCUT2D eigenvalue weighted by molar-refractivity contribution is -0.0289. The number of hydrogen-bond acceptors (Lipinski definition) is 1. The topological polar surface area (TPSA) is 9.23 Å². The summed E-state index contributed by atoms with van der Waals surface area (Å²) in [6.07, 6.45) is 5.51. The number of ether oxygens (including phenoxy) is 1. The van der Waals surface area contributed by atoms with Crippen LogP contribution < -0.4 is 0 Å². The lowest BCUT2D eigenvalue weighted by Gasteiger charge is -2.25. The Morgan fingerprint density at radius 1 is 1.50 bits per heavy atom. The van der Waals surface area contributed by atoms with Crippen LogP contribution in [0, 0.1) is 5.92 Å². The predicted octanol–water partition coefficient (Wildman–Crippen LogP) is 3.38. The molecular weight excluding hydrogens is 148 g/mol. The van der Waals surface area contributed by atoms with Gasteiger partial charge in [0.05, 0.1) is 11.7 Å². The molecule has 1 nitrogen and oxygen atoms in total. The van der Waals surface area contributed by atoms with Gasteiger partial charge in [0, 0.05) is 0 Å². The van der Waals surface area contributed by atoms with Crippen molar-refractivity contribution in [2.45, 2.75) is 65.1 Å². The minimum atomic E-state index is 0.198. The van der Waals surface area contributed by atoms with Crippen molar-refractivity contribution in [3.8, 4) is 0 Å². The highest BCUT2D eigenvalue weighted by Gasteiger charge is 2.33. The molecule has 0 aromatic heterocycles. The third kappa shape index (κ3) is 2.78. The predicted molar refractivity (Wildman–Crippen MR) is 52.3 cm³/mol. The van der Waals surface area contributed by atoms with Crippen LogP contribution in [0.5, 0.6) is 0 Å². The molecule has 2 atom stereocenters. The Bertz CT molecular complexity index is 142. The van der Waals surface area contributed by atoms with Gasteiger partial charge in [0.15, 0.2) is 0 Å². The monoisotopic (exact) mass is 170 g/mol. The first-order valence-corrected chi connectivity index (χ1v) is 5.20. The van der Waals surface area contributed by atoms with E-state index in [2.05, 4.69) is 27.7 Å². The molecule has 0 spiro atoms. The summed E-state index contributed by atoms with van der Waals surface area (Å²) in [5, 5.41) is 0. The average molecular weight is 170 g/mol. The maximum Gasteiger partial charge on any atom is 0.0659 e. The summed E-state index contributed by atoms with van der Waals surface area (Å²) in [6, 6.07) is 0. The highest BCUT2D eigenvalue weighted by atomic mass is 16.5. The van der Waals surface area contributed by atoms with Crippen molar-refractivity contribution >= 4 is 0 Å². The van der Waals surface area contributed by atoms with Crippen LogP contribution in [-0.4, -0.2) is 11.7 Å². The molecule has 72 valence electrons. The van der Waals surface area contributed by atoms with Crippen LogP contribution in [0.3, 0.4) is 0 Å². The van der Waals surface area contributed by atoms with Gasteiger partial charge in [-0.1, -0.05) is 13.8 Å². The Morgan fingerprint density at radius 3 is 2.58 bits per heavy atom. The Kier molecular flexibility index (Phi) is 3.16. The summed E-state index contributed by atoms with van der Waals surface area (Å²) in [4.78, 5) is 0. The first-order chi connectivity index (χ1) is 5.52. The van der Waals surface area contributed by atoms with Gasteiger partial charge in [-0.15, -0.1) is 0 Å². The van der Waals surface area contributed by atoms with Crippen LogP contribution in [0.2, 0.25) is 0 Å². The van der Waals surface area contributed by atoms with Gasteiger partial charge in [0.1, 0.15) is 0 Å². The fraction of sp³-hybridized carbons (Fsp3) is 1.00. The van der Waals surface area contributed by atoms with Crippen molar-refractivity contribution in [1.82, 2.24) is 0 Å². The Labute approximate surface area is 76.5 Å². The second-order valence-electron chi connectivity index (χ2n) is 4.85. The van der Waals surface area contributed by atoms with E-state index in [4.69, 9.17) is 4.74 Å². The van der Waals surface area contributed by atoms with Gasteiger partial charge in [-0.2, -0.15) is 0 Å². The molecule has 1 heteroatoms. The lowest BCUT2D eigenvalue weighted by Crippen LogP contribution is -2.24. The maximum atomic E-state index is 5.90. The summed E-state index contributed by atoms with van der Waals surface area (Å²) < 4.78 is 5.90. The molecule has 0 amide bonds. The molecular formula is C11H22O. The van der Waals surface area contributed by atoms with Crippen molar-refractivity contribution in [2.24, 2.45) is 5.92 Å². The Morgan fingerprint density at radius 2 is 2.17 bits per heavy atom. The highest BCUT2D eigenvalue weighted by molar-refractivity contribution is 4.83. The molecule has 0 radical (unpaired) electrons. The minimum absolute atomic E-state index is 0.198. The van der Waals surface area contributed by atoms with Crippen molar-refractivity contribution in [3.63, 3.8) is 0 Å². The van der Waals surface area contributed by atoms with Crippen LogP contribution in [0.15, 0.2) is 0 Å². The van der Waals surface area contributed by atoms with Crippen LogP contribution >= 0.6 is 0 Å². The normalized spacial score (nSPS) is 36.2. The van der Waals surface area contributed by atoms with Gasteiger partial charge in [-0.05, 0) is 45.4 Å². The van der Waals surface area contributed by atoms with E-state index < -0.39 is 0 Å². The molecule has 0 aliphatic carbocycles. The van der Waals surface area contributed by atoms with E-state index in [1.54, 1.807) is 0 Å². The first kappa shape index (κ1) is 10.0. The largest absolute Gasteiger partial charge is 0.372 e. The molecule has 1 heterocycles. The zero-order valence-corrected chi connectivity index (χ0v) is 8.89. The molecule has 12 heavy (non-hydrogen) atoms. The molecule has 1 fully saturated rings. The fourth-order valence-corrected chi connectivity index (χ4v) is 1.89. The zero-order valence-electron chi connectivity index (χ0n) is 8.89. The van der Waals surface area contributed by atoms with E-state index >= 15 is 0 Å². The molecule has 2 unspecified atom stereocenters. The van der Waals surface area contributed by atoms with Crippen LogP contribution in [0.4, 0.5) is 0 Å². The summed E-state index contributed by atoms with van der Waals surface area (Å²) in [5.41, 5.74) is 0.198. The SMILES string of the molecule is CC(C)CCC1(C)CCC(C)O1. The van der Waals surface area contributed by atoms with Crippen molar-refractivity contribution in [2.75, 3.05) is 0 Å². The molecule has 1 rings (SSSR count). The summed E-state index contributed by atoms with van der Waals surface area (Å²) in [7, 11) is 0. The molecule has 0 aromatic carbocycles. The van der Waals surface area contributed by atoms with Crippen LogP contribution in [-0.2, 0) is 4.74 Å². The molecule has 0 N–H and O–H groups in total. The van der Waals surface area contributed by atoms with Gasteiger partial charge in [-0.3, -0.25) is 0 Å². The van der Waals surface area contributed by atoms with Gasteiger partial charge in [-0.25, -0.2) is 0 Å². The van der Waals surface area contributed by atoms with E-state index in [-0.39, 0.29) is 5.60 Å². The van der Waals surface area contributed by atoms with Gasteiger partial charge >= 0.3 is 0 Å². The van der Waals surface area contributed by atoms with Crippen LogP contribution in [0.1, 0.15) is 53.4 Å². The quantitative estimate of drug-likeness (QED) is 0.631. The van der Waals surface area contributed by atoms with Crippen molar-refractivity contribution in [1.29, 1.82) is 0 Å². The van der Waals surface area contributed by atoms with E-state index in [0.717, 1.165) is 5.92 Å². The zero-order chi connectivity index (χ0) is 9.19. The smallest absolute Gasteiger partial charge is 0.0659 e. The molecule has 1 aliphatic rings. The minimum Gasteiger partial charge on any atom is -0.372 e. The van der Waals surface area contributed by atoms with Gasteiger partial charge < -0.3 is 4.74 Å². The molecule has 0 aromatic rings. The molecule has 1 aliphatic heterocycles. The van der Waals surface area contributed by atoms with E-state index in [1.165, 1.54) is 25.7 Å². The highest BCUT2D eigenvalue weighted by Crippen LogP contribution is 2.34. The number of rotatable bonds is 3. The van der Waals surface area contributed by atoms with E-state index in [9.17, 15) is 0 Å². The van der Waals surface area contributed by atoms with Gasteiger partial charge in [0.25, 0.3) is 0 Å². The van der Waals surface area contributed by atoms with Crippen LogP contribution in [0.25, 0.3) is 0 Å². The molecule has 0 bridgehead atoms. The third-order valence-electron chi connectivity index (χ3n) is 2.82.